The van der Waals surface area contributed by atoms with Crippen LogP contribution < -0.4 is 5.32 Å². The zero-order valence-corrected chi connectivity index (χ0v) is 17.7. The van der Waals surface area contributed by atoms with E-state index in [2.05, 4.69) is 20.4 Å². The van der Waals surface area contributed by atoms with Gasteiger partial charge >= 0.3 is 0 Å². The Bertz CT molecular complexity index is 1020. The molecule has 0 aliphatic carbocycles. The summed E-state index contributed by atoms with van der Waals surface area (Å²) in [6.07, 6.45) is 3.62. The molecule has 6 nitrogen and oxygen atoms in total. The van der Waals surface area contributed by atoms with Crippen LogP contribution in [0.3, 0.4) is 0 Å². The van der Waals surface area contributed by atoms with E-state index in [1.165, 1.54) is 31.0 Å². The quantitative estimate of drug-likeness (QED) is 0.553. The predicted molar refractivity (Wildman–Crippen MR) is 116 cm³/mol. The van der Waals surface area contributed by atoms with Crippen molar-refractivity contribution < 1.29 is 13.6 Å². The first-order valence-corrected chi connectivity index (χ1v) is 11.2. The Balaban J connectivity index is 1.48. The van der Waals surface area contributed by atoms with Gasteiger partial charge in [0.2, 0.25) is 5.91 Å². The van der Waals surface area contributed by atoms with Gasteiger partial charge in [-0.1, -0.05) is 36.4 Å². The van der Waals surface area contributed by atoms with Crippen LogP contribution in [0.1, 0.15) is 25.1 Å². The highest BCUT2D eigenvalue weighted by molar-refractivity contribution is 7.99. The third-order valence-electron chi connectivity index (χ3n) is 5.01. The molecule has 31 heavy (non-hydrogen) atoms. The number of halogens is 2. The summed E-state index contributed by atoms with van der Waals surface area (Å²) in [6, 6.07) is 12.7. The molecule has 0 spiro atoms. The summed E-state index contributed by atoms with van der Waals surface area (Å²) in [4.78, 5) is 14.7. The van der Waals surface area contributed by atoms with Crippen LogP contribution in [0.2, 0.25) is 0 Å². The first-order chi connectivity index (χ1) is 15.1. The Labute approximate surface area is 183 Å². The summed E-state index contributed by atoms with van der Waals surface area (Å²) in [5.41, 5.74) is 1.01. The van der Waals surface area contributed by atoms with E-state index in [1.807, 2.05) is 34.9 Å². The molecule has 0 unspecified atom stereocenters. The monoisotopic (exact) mass is 443 g/mol. The zero-order valence-electron chi connectivity index (χ0n) is 16.9. The first-order valence-electron chi connectivity index (χ1n) is 10.2. The Morgan fingerprint density at radius 1 is 1.00 bits per heavy atom. The van der Waals surface area contributed by atoms with Crippen LogP contribution in [-0.2, 0) is 11.3 Å². The lowest BCUT2D eigenvalue weighted by Gasteiger charge is -2.26. The summed E-state index contributed by atoms with van der Waals surface area (Å²) in [7, 11) is 0. The minimum Gasteiger partial charge on any atom is -0.325 e. The fourth-order valence-electron chi connectivity index (χ4n) is 3.60. The molecular weight excluding hydrogens is 420 g/mol. The van der Waals surface area contributed by atoms with Gasteiger partial charge < -0.3 is 5.32 Å². The number of thioether (sulfide) groups is 1. The van der Waals surface area contributed by atoms with Gasteiger partial charge in [-0.25, -0.2) is 8.78 Å². The van der Waals surface area contributed by atoms with E-state index >= 15 is 0 Å². The molecule has 1 saturated heterocycles. The Morgan fingerprint density at radius 2 is 1.71 bits per heavy atom. The third kappa shape index (κ3) is 5.68. The summed E-state index contributed by atoms with van der Waals surface area (Å²) in [5.74, 6) is -1.01. The second-order valence-electron chi connectivity index (χ2n) is 7.40. The minimum absolute atomic E-state index is 0.0345. The maximum absolute atomic E-state index is 13.3. The second kappa shape index (κ2) is 10.0. The number of nitrogens with zero attached hydrogens (tertiary/aromatic N) is 4. The van der Waals surface area contributed by atoms with Gasteiger partial charge in [0, 0.05) is 17.4 Å². The Morgan fingerprint density at radius 3 is 2.42 bits per heavy atom. The molecule has 1 aromatic heterocycles. The normalized spacial score (nSPS) is 14.5. The van der Waals surface area contributed by atoms with Gasteiger partial charge in [-0.15, -0.1) is 10.2 Å². The lowest BCUT2D eigenvalue weighted by Crippen LogP contribution is -2.30. The minimum atomic E-state index is -0.742. The van der Waals surface area contributed by atoms with Crippen LogP contribution in [0.25, 0.3) is 5.69 Å². The molecule has 0 bridgehead atoms. The smallest absolute Gasteiger partial charge is 0.234 e. The Hall–Kier alpha value is -2.78. The van der Waals surface area contributed by atoms with E-state index in [1.54, 1.807) is 0 Å². The SMILES string of the molecule is O=C(CSc1nnc(CN2CCCCC2)n1-c1ccccc1)Nc1cc(F)cc(F)c1. The fourth-order valence-corrected chi connectivity index (χ4v) is 4.37. The van der Waals surface area contributed by atoms with Gasteiger partial charge in [-0.2, -0.15) is 0 Å². The average molecular weight is 444 g/mol. The largest absolute Gasteiger partial charge is 0.325 e. The topological polar surface area (TPSA) is 63.1 Å². The number of amides is 1. The summed E-state index contributed by atoms with van der Waals surface area (Å²) < 4.78 is 28.7. The van der Waals surface area contributed by atoms with Gasteiger partial charge in [0.15, 0.2) is 11.0 Å². The number of benzene rings is 2. The van der Waals surface area contributed by atoms with Crippen LogP contribution in [0, 0.1) is 11.6 Å². The van der Waals surface area contributed by atoms with Crippen molar-refractivity contribution in [3.8, 4) is 5.69 Å². The van der Waals surface area contributed by atoms with Crippen molar-refractivity contribution in [3.63, 3.8) is 0 Å². The summed E-state index contributed by atoms with van der Waals surface area (Å²) >= 11 is 1.23. The van der Waals surface area contributed by atoms with Crippen molar-refractivity contribution in [2.45, 2.75) is 31.0 Å². The molecule has 0 atom stereocenters. The molecule has 1 aliphatic heterocycles. The number of aromatic nitrogens is 3. The van der Waals surface area contributed by atoms with E-state index in [4.69, 9.17) is 0 Å². The number of carbonyl (C=O) groups is 1. The number of anilines is 1. The molecule has 162 valence electrons. The third-order valence-corrected chi connectivity index (χ3v) is 5.94. The van der Waals surface area contributed by atoms with Crippen LogP contribution in [-0.4, -0.2) is 44.4 Å². The number of likely N-dealkylation sites (tertiary alicyclic amines) is 1. The molecule has 9 heteroatoms. The maximum atomic E-state index is 13.3. The second-order valence-corrected chi connectivity index (χ2v) is 8.34. The zero-order chi connectivity index (χ0) is 21.6. The molecule has 0 radical (unpaired) electrons. The lowest BCUT2D eigenvalue weighted by molar-refractivity contribution is -0.113. The summed E-state index contributed by atoms with van der Waals surface area (Å²) in [6.45, 7) is 2.77. The molecular formula is C22H23F2N5OS. The van der Waals surface area contributed by atoms with E-state index in [9.17, 15) is 13.6 Å². The van der Waals surface area contributed by atoms with Crippen LogP contribution in [0.4, 0.5) is 14.5 Å². The van der Waals surface area contributed by atoms with Gasteiger partial charge in [0.25, 0.3) is 0 Å². The number of nitrogens with one attached hydrogen (secondary N) is 1. The van der Waals surface area contributed by atoms with Crippen LogP contribution in [0.15, 0.2) is 53.7 Å². The molecule has 2 heterocycles. The first kappa shape index (κ1) is 21.5. The highest BCUT2D eigenvalue weighted by atomic mass is 32.2. The molecule has 1 fully saturated rings. The average Bonchev–Trinajstić information content (AvgIpc) is 3.15. The van der Waals surface area contributed by atoms with E-state index in [-0.39, 0.29) is 17.3 Å². The fraction of sp³-hybridized carbons (Fsp3) is 0.318. The molecule has 1 aliphatic rings. The van der Waals surface area contributed by atoms with Crippen molar-refractivity contribution >= 4 is 23.4 Å². The number of rotatable bonds is 7. The van der Waals surface area contributed by atoms with E-state index in [0.717, 1.165) is 42.8 Å². The molecule has 4 rings (SSSR count). The number of piperidine rings is 1. The number of hydrogen-bond donors (Lipinski definition) is 1. The van der Waals surface area contributed by atoms with Gasteiger partial charge in [0.1, 0.15) is 11.6 Å². The van der Waals surface area contributed by atoms with Gasteiger partial charge in [-0.05, 0) is 50.2 Å². The lowest BCUT2D eigenvalue weighted by atomic mass is 10.1. The van der Waals surface area contributed by atoms with Crippen molar-refractivity contribution in [2.75, 3.05) is 24.2 Å². The molecule has 2 aromatic carbocycles. The maximum Gasteiger partial charge on any atom is 0.234 e. The van der Waals surface area contributed by atoms with E-state index < -0.39 is 11.6 Å². The highest BCUT2D eigenvalue weighted by Crippen LogP contribution is 2.24. The van der Waals surface area contributed by atoms with Crippen LogP contribution in [0.5, 0.6) is 0 Å². The number of para-hydroxylation sites is 1. The van der Waals surface area contributed by atoms with Gasteiger partial charge in [0.05, 0.1) is 12.3 Å². The molecule has 0 saturated carbocycles. The van der Waals surface area contributed by atoms with Crippen molar-refractivity contribution in [1.29, 1.82) is 0 Å². The van der Waals surface area contributed by atoms with Crippen molar-refractivity contribution in [3.05, 3.63) is 66.0 Å². The highest BCUT2D eigenvalue weighted by Gasteiger charge is 2.19. The molecule has 1 N–H and O–H groups in total. The molecule has 1 amide bonds. The number of hydrogen-bond acceptors (Lipinski definition) is 5. The Kier molecular flexibility index (Phi) is 6.93. The van der Waals surface area contributed by atoms with Gasteiger partial charge in [-0.3, -0.25) is 14.3 Å². The van der Waals surface area contributed by atoms with Crippen LogP contribution >= 0.6 is 11.8 Å². The predicted octanol–water partition coefficient (Wildman–Crippen LogP) is 4.26. The molecule has 3 aromatic rings. The standard InChI is InChI=1S/C22H23F2N5OS/c23-16-11-17(24)13-18(12-16)25-21(30)15-31-22-27-26-20(14-28-9-5-2-6-10-28)29(22)19-7-3-1-4-8-19/h1,3-4,7-8,11-13H,2,5-6,9-10,14-15H2,(H,25,30). The van der Waals surface area contributed by atoms with E-state index in [0.29, 0.717) is 11.7 Å². The van der Waals surface area contributed by atoms with Crippen molar-refractivity contribution in [1.82, 2.24) is 19.7 Å². The van der Waals surface area contributed by atoms with Crippen molar-refractivity contribution in [2.24, 2.45) is 0 Å². The summed E-state index contributed by atoms with van der Waals surface area (Å²) in [5, 5.41) is 11.8. The number of carbonyl (C=O) groups excluding carboxylic acids is 1.